The molecule has 0 spiro atoms. The van der Waals surface area contributed by atoms with Gasteiger partial charge in [0, 0.05) is 11.0 Å². The number of amides is 2. The van der Waals surface area contributed by atoms with E-state index in [0.717, 1.165) is 5.56 Å². The van der Waals surface area contributed by atoms with Crippen LogP contribution in [0.1, 0.15) is 5.56 Å². The van der Waals surface area contributed by atoms with E-state index in [2.05, 4.69) is 26.6 Å². The first-order valence-electron chi connectivity index (χ1n) is 5.69. The Kier molecular flexibility index (Phi) is 4.52. The first-order valence-corrected chi connectivity index (χ1v) is 6.49. The second-order valence-electron chi connectivity index (χ2n) is 3.89. The zero-order valence-corrected chi connectivity index (χ0v) is 11.6. The van der Waals surface area contributed by atoms with Crippen LogP contribution in [0, 0.1) is 5.82 Å². The number of urea groups is 1. The zero-order valence-electron chi connectivity index (χ0n) is 9.99. The molecule has 2 N–H and O–H groups in total. The van der Waals surface area contributed by atoms with Crippen LogP contribution in [0.15, 0.2) is 53.0 Å². The molecule has 0 saturated heterocycles. The van der Waals surface area contributed by atoms with E-state index in [1.165, 1.54) is 6.07 Å². The third-order valence-electron chi connectivity index (χ3n) is 2.50. The van der Waals surface area contributed by atoms with Crippen molar-refractivity contribution < 1.29 is 9.18 Å². The van der Waals surface area contributed by atoms with Crippen LogP contribution >= 0.6 is 15.9 Å². The van der Waals surface area contributed by atoms with Crippen LogP contribution in [0.4, 0.5) is 14.9 Å². The number of hydrogen-bond donors (Lipinski definition) is 2. The molecule has 2 aromatic rings. The van der Waals surface area contributed by atoms with Gasteiger partial charge in [0.1, 0.15) is 5.82 Å². The summed E-state index contributed by atoms with van der Waals surface area (Å²) in [6.45, 7) is 0.388. The molecule has 0 aliphatic carbocycles. The zero-order chi connectivity index (χ0) is 13.7. The molecule has 0 aliphatic heterocycles. The van der Waals surface area contributed by atoms with Crippen molar-refractivity contribution >= 4 is 27.6 Å². The molecular weight excluding hydrogens is 311 g/mol. The molecule has 0 unspecified atom stereocenters. The predicted molar refractivity (Wildman–Crippen MR) is 76.4 cm³/mol. The molecule has 0 heterocycles. The van der Waals surface area contributed by atoms with E-state index in [1.54, 1.807) is 12.1 Å². The number of benzene rings is 2. The van der Waals surface area contributed by atoms with Crippen molar-refractivity contribution in [1.82, 2.24) is 5.32 Å². The Morgan fingerprint density at radius 1 is 1.11 bits per heavy atom. The fourth-order valence-corrected chi connectivity index (χ4v) is 1.99. The maximum absolute atomic E-state index is 13.5. The molecule has 2 amide bonds. The number of carbonyl (C=O) groups excluding carboxylic acids is 1. The minimum atomic E-state index is -0.482. The highest BCUT2D eigenvalue weighted by Crippen LogP contribution is 2.24. The summed E-state index contributed by atoms with van der Waals surface area (Å²) in [7, 11) is 0. The molecule has 19 heavy (non-hydrogen) atoms. The Morgan fingerprint density at radius 2 is 1.84 bits per heavy atom. The molecular formula is C14H12BrFN2O. The van der Waals surface area contributed by atoms with Crippen molar-refractivity contribution in [3.63, 3.8) is 0 Å². The topological polar surface area (TPSA) is 41.1 Å². The third-order valence-corrected chi connectivity index (χ3v) is 3.16. The number of anilines is 1. The maximum atomic E-state index is 13.5. The summed E-state index contributed by atoms with van der Waals surface area (Å²) in [6, 6.07) is 13.6. The van der Waals surface area contributed by atoms with Gasteiger partial charge in [0.2, 0.25) is 0 Å². The van der Waals surface area contributed by atoms with Gasteiger partial charge in [-0.05, 0) is 33.6 Å². The Balaban J connectivity index is 1.95. The predicted octanol–water partition coefficient (Wildman–Crippen LogP) is 3.91. The number of nitrogens with one attached hydrogen (secondary N) is 2. The first kappa shape index (κ1) is 13.5. The van der Waals surface area contributed by atoms with E-state index < -0.39 is 11.8 Å². The SMILES string of the molecule is O=C(NCc1ccccc1)Nc1c(F)cccc1Br. The summed E-state index contributed by atoms with van der Waals surface area (Å²) in [5.41, 5.74) is 1.11. The standard InChI is InChI=1S/C14H12BrFN2O/c15-11-7-4-8-12(16)13(11)18-14(19)17-9-10-5-2-1-3-6-10/h1-8H,9H2,(H2,17,18,19). The van der Waals surface area contributed by atoms with Gasteiger partial charge in [0.15, 0.2) is 0 Å². The molecule has 0 aliphatic rings. The van der Waals surface area contributed by atoms with Crippen molar-refractivity contribution in [2.45, 2.75) is 6.54 Å². The Labute approximate surface area is 119 Å². The summed E-state index contributed by atoms with van der Waals surface area (Å²) in [5.74, 6) is -0.482. The lowest BCUT2D eigenvalue weighted by atomic mass is 10.2. The van der Waals surface area contributed by atoms with E-state index in [0.29, 0.717) is 11.0 Å². The molecule has 5 heteroatoms. The fourth-order valence-electron chi connectivity index (χ4n) is 1.55. The average Bonchev–Trinajstić information content (AvgIpc) is 2.42. The Morgan fingerprint density at radius 3 is 2.53 bits per heavy atom. The number of halogens is 2. The van der Waals surface area contributed by atoms with Crippen molar-refractivity contribution in [3.05, 3.63) is 64.4 Å². The monoisotopic (exact) mass is 322 g/mol. The smallest absolute Gasteiger partial charge is 0.319 e. The number of hydrogen-bond acceptors (Lipinski definition) is 1. The Hall–Kier alpha value is -1.88. The lowest BCUT2D eigenvalue weighted by molar-refractivity contribution is 0.251. The summed E-state index contributed by atoms with van der Waals surface area (Å²) in [4.78, 5) is 11.7. The molecule has 0 fully saturated rings. The van der Waals surface area contributed by atoms with Gasteiger partial charge in [-0.25, -0.2) is 9.18 Å². The highest BCUT2D eigenvalue weighted by molar-refractivity contribution is 9.10. The van der Waals surface area contributed by atoms with Crippen molar-refractivity contribution in [2.24, 2.45) is 0 Å². The van der Waals surface area contributed by atoms with Gasteiger partial charge in [0.25, 0.3) is 0 Å². The lowest BCUT2D eigenvalue weighted by Gasteiger charge is -2.10. The average molecular weight is 323 g/mol. The van der Waals surface area contributed by atoms with Crippen LogP contribution < -0.4 is 10.6 Å². The van der Waals surface area contributed by atoms with E-state index in [9.17, 15) is 9.18 Å². The highest BCUT2D eigenvalue weighted by atomic mass is 79.9. The van der Waals surface area contributed by atoms with Gasteiger partial charge in [-0.1, -0.05) is 36.4 Å². The van der Waals surface area contributed by atoms with Crippen molar-refractivity contribution in [3.8, 4) is 0 Å². The Bertz CT molecular complexity index is 555. The molecule has 0 bridgehead atoms. The molecule has 0 aromatic heterocycles. The lowest BCUT2D eigenvalue weighted by Crippen LogP contribution is -2.28. The molecule has 0 radical (unpaired) electrons. The normalized spacial score (nSPS) is 10.0. The van der Waals surface area contributed by atoms with Crippen LogP contribution in [0.2, 0.25) is 0 Å². The van der Waals surface area contributed by atoms with Crippen molar-refractivity contribution in [1.29, 1.82) is 0 Å². The fraction of sp³-hybridized carbons (Fsp3) is 0.0714. The van der Waals surface area contributed by atoms with Gasteiger partial charge in [-0.3, -0.25) is 0 Å². The molecule has 0 atom stereocenters. The summed E-state index contributed by atoms with van der Waals surface area (Å²) < 4.78 is 14.0. The highest BCUT2D eigenvalue weighted by Gasteiger charge is 2.09. The van der Waals surface area contributed by atoms with Gasteiger partial charge in [-0.15, -0.1) is 0 Å². The molecule has 98 valence electrons. The van der Waals surface area contributed by atoms with Crippen molar-refractivity contribution in [2.75, 3.05) is 5.32 Å². The van der Waals surface area contributed by atoms with Crippen LogP contribution in [0.25, 0.3) is 0 Å². The molecule has 3 nitrogen and oxygen atoms in total. The van der Waals surface area contributed by atoms with Gasteiger partial charge in [0.05, 0.1) is 5.69 Å². The molecule has 2 rings (SSSR count). The minimum Gasteiger partial charge on any atom is -0.334 e. The minimum absolute atomic E-state index is 0.132. The first-order chi connectivity index (χ1) is 9.16. The van der Waals surface area contributed by atoms with Crippen LogP contribution in [-0.2, 0) is 6.54 Å². The second kappa shape index (κ2) is 6.33. The number of para-hydroxylation sites is 1. The van der Waals surface area contributed by atoms with E-state index in [-0.39, 0.29) is 5.69 Å². The van der Waals surface area contributed by atoms with Crippen LogP contribution in [0.3, 0.4) is 0 Å². The van der Waals surface area contributed by atoms with E-state index in [4.69, 9.17) is 0 Å². The maximum Gasteiger partial charge on any atom is 0.319 e. The number of rotatable bonds is 3. The second-order valence-corrected chi connectivity index (χ2v) is 4.74. The molecule has 0 saturated carbocycles. The quantitative estimate of drug-likeness (QED) is 0.883. The van der Waals surface area contributed by atoms with Gasteiger partial charge >= 0.3 is 6.03 Å². The third kappa shape index (κ3) is 3.79. The number of carbonyl (C=O) groups is 1. The van der Waals surface area contributed by atoms with Gasteiger partial charge < -0.3 is 10.6 Å². The molecule has 2 aromatic carbocycles. The van der Waals surface area contributed by atoms with E-state index in [1.807, 2.05) is 30.3 Å². The summed E-state index contributed by atoms with van der Waals surface area (Å²) in [5, 5.41) is 5.14. The summed E-state index contributed by atoms with van der Waals surface area (Å²) >= 11 is 3.19. The van der Waals surface area contributed by atoms with Crippen LogP contribution in [-0.4, -0.2) is 6.03 Å². The summed E-state index contributed by atoms with van der Waals surface area (Å²) in [6.07, 6.45) is 0. The largest absolute Gasteiger partial charge is 0.334 e. The van der Waals surface area contributed by atoms with E-state index >= 15 is 0 Å². The van der Waals surface area contributed by atoms with Crippen LogP contribution in [0.5, 0.6) is 0 Å². The van der Waals surface area contributed by atoms with Gasteiger partial charge in [-0.2, -0.15) is 0 Å².